The van der Waals surface area contributed by atoms with Crippen LogP contribution in [0.25, 0.3) is 0 Å². The number of nitrogens with one attached hydrogen (secondary N) is 2. The molecular formula is C13H28IN3OS. The van der Waals surface area contributed by atoms with E-state index in [0.717, 1.165) is 45.1 Å². The number of hydrogen-bond acceptors (Lipinski definition) is 3. The molecule has 0 aromatic carbocycles. The Hall–Kier alpha value is 0.310. The van der Waals surface area contributed by atoms with Gasteiger partial charge in [0, 0.05) is 30.5 Å². The standard InChI is InChI=1S/C13H27N3OS.HI/c1-5-14-12(15-10-13(2,3)18-4)16-11-6-8-17-9-7-11;/h11H,5-10H2,1-4H3,(H2,14,15,16);1H. The molecule has 0 amide bonds. The van der Waals surface area contributed by atoms with E-state index >= 15 is 0 Å². The molecule has 114 valence electrons. The Kier molecular flexibility index (Phi) is 10.3. The second-order valence-electron chi connectivity index (χ2n) is 5.19. The van der Waals surface area contributed by atoms with Gasteiger partial charge in [0.1, 0.15) is 0 Å². The summed E-state index contributed by atoms with van der Waals surface area (Å²) in [7, 11) is 0. The predicted octanol–water partition coefficient (Wildman–Crippen LogP) is 2.48. The zero-order valence-electron chi connectivity index (χ0n) is 12.5. The minimum Gasteiger partial charge on any atom is -0.381 e. The van der Waals surface area contributed by atoms with Crippen molar-refractivity contribution in [2.45, 2.75) is 44.4 Å². The van der Waals surface area contributed by atoms with Gasteiger partial charge in [0.05, 0.1) is 6.54 Å². The maximum Gasteiger partial charge on any atom is 0.191 e. The molecule has 0 aromatic rings. The van der Waals surface area contributed by atoms with Gasteiger partial charge in [-0.25, -0.2) is 0 Å². The van der Waals surface area contributed by atoms with Crippen LogP contribution in [0.2, 0.25) is 0 Å². The van der Waals surface area contributed by atoms with Crippen LogP contribution in [-0.2, 0) is 4.74 Å². The van der Waals surface area contributed by atoms with Crippen molar-refractivity contribution in [3.63, 3.8) is 0 Å². The van der Waals surface area contributed by atoms with E-state index in [1.807, 2.05) is 11.8 Å². The normalized spacial score (nSPS) is 17.8. The minimum atomic E-state index is 0. The van der Waals surface area contributed by atoms with E-state index in [2.05, 4.69) is 42.7 Å². The predicted molar refractivity (Wildman–Crippen MR) is 96.0 cm³/mol. The smallest absolute Gasteiger partial charge is 0.191 e. The Morgan fingerprint density at radius 2 is 2.00 bits per heavy atom. The zero-order valence-corrected chi connectivity index (χ0v) is 15.6. The highest BCUT2D eigenvalue weighted by molar-refractivity contribution is 14.0. The van der Waals surface area contributed by atoms with Gasteiger partial charge in [-0.1, -0.05) is 0 Å². The van der Waals surface area contributed by atoms with Gasteiger partial charge in [-0.2, -0.15) is 11.8 Å². The fraction of sp³-hybridized carbons (Fsp3) is 0.923. The van der Waals surface area contributed by atoms with E-state index in [4.69, 9.17) is 4.74 Å². The number of rotatable bonds is 5. The first kappa shape index (κ1) is 19.3. The maximum absolute atomic E-state index is 5.37. The molecule has 1 aliphatic rings. The number of thioether (sulfide) groups is 1. The lowest BCUT2D eigenvalue weighted by atomic mass is 10.1. The molecule has 0 radical (unpaired) electrons. The molecule has 0 unspecified atom stereocenters. The van der Waals surface area contributed by atoms with Crippen molar-refractivity contribution in [2.75, 3.05) is 32.6 Å². The van der Waals surface area contributed by atoms with Crippen molar-refractivity contribution in [1.29, 1.82) is 0 Å². The molecule has 0 aromatic heterocycles. The van der Waals surface area contributed by atoms with Crippen LogP contribution in [0.5, 0.6) is 0 Å². The largest absolute Gasteiger partial charge is 0.381 e. The minimum absolute atomic E-state index is 0. The van der Waals surface area contributed by atoms with E-state index in [1.54, 1.807) is 0 Å². The van der Waals surface area contributed by atoms with Crippen LogP contribution >= 0.6 is 35.7 Å². The summed E-state index contributed by atoms with van der Waals surface area (Å²) < 4.78 is 5.56. The van der Waals surface area contributed by atoms with Gasteiger partial charge in [0.25, 0.3) is 0 Å². The first-order valence-corrected chi connectivity index (χ1v) is 7.97. The molecule has 1 heterocycles. The molecule has 0 aliphatic carbocycles. The number of ether oxygens (including phenoxy) is 1. The fourth-order valence-corrected chi connectivity index (χ4v) is 1.88. The molecule has 4 nitrogen and oxygen atoms in total. The Morgan fingerprint density at radius 3 is 2.53 bits per heavy atom. The lowest BCUT2D eigenvalue weighted by molar-refractivity contribution is 0.0822. The van der Waals surface area contributed by atoms with Crippen molar-refractivity contribution in [2.24, 2.45) is 4.99 Å². The number of guanidine groups is 1. The quantitative estimate of drug-likeness (QED) is 0.422. The topological polar surface area (TPSA) is 45.7 Å². The Balaban J connectivity index is 0.00000324. The van der Waals surface area contributed by atoms with E-state index in [1.165, 1.54) is 0 Å². The Morgan fingerprint density at radius 1 is 1.37 bits per heavy atom. The molecule has 19 heavy (non-hydrogen) atoms. The Labute approximate surface area is 138 Å². The molecule has 2 N–H and O–H groups in total. The van der Waals surface area contributed by atoms with Gasteiger partial charge in [0.2, 0.25) is 0 Å². The molecule has 0 saturated carbocycles. The van der Waals surface area contributed by atoms with E-state index in [0.29, 0.717) is 6.04 Å². The summed E-state index contributed by atoms with van der Waals surface area (Å²) in [6.45, 7) is 9.97. The highest BCUT2D eigenvalue weighted by Crippen LogP contribution is 2.21. The average Bonchev–Trinajstić information content (AvgIpc) is 2.38. The summed E-state index contributed by atoms with van der Waals surface area (Å²) in [4.78, 5) is 4.68. The second kappa shape index (κ2) is 10.1. The lowest BCUT2D eigenvalue weighted by Gasteiger charge is -2.26. The van der Waals surface area contributed by atoms with Gasteiger partial charge in [-0.05, 0) is 39.9 Å². The summed E-state index contributed by atoms with van der Waals surface area (Å²) in [5, 5.41) is 6.82. The van der Waals surface area contributed by atoms with Crippen molar-refractivity contribution in [1.82, 2.24) is 10.6 Å². The SMILES string of the molecule is CCNC(=NCC(C)(C)SC)NC1CCOCC1.I. The summed E-state index contributed by atoms with van der Waals surface area (Å²) in [6.07, 6.45) is 4.26. The number of halogens is 1. The van der Waals surface area contributed by atoms with Crippen LogP contribution < -0.4 is 10.6 Å². The van der Waals surface area contributed by atoms with Crippen LogP contribution in [0.3, 0.4) is 0 Å². The first-order chi connectivity index (χ1) is 8.57. The Bertz CT molecular complexity index is 269. The second-order valence-corrected chi connectivity index (χ2v) is 6.70. The third-order valence-corrected chi connectivity index (χ3v) is 4.31. The average molecular weight is 401 g/mol. The molecular weight excluding hydrogens is 373 g/mol. The molecule has 1 rings (SSSR count). The number of hydrogen-bond donors (Lipinski definition) is 2. The molecule has 0 spiro atoms. The molecule has 1 fully saturated rings. The molecule has 0 bridgehead atoms. The van der Waals surface area contributed by atoms with E-state index in [-0.39, 0.29) is 28.7 Å². The van der Waals surface area contributed by atoms with Crippen LogP contribution in [0, 0.1) is 0 Å². The van der Waals surface area contributed by atoms with Crippen molar-refractivity contribution < 1.29 is 4.74 Å². The molecule has 6 heteroatoms. The summed E-state index contributed by atoms with van der Waals surface area (Å²) in [6, 6.07) is 0.494. The third kappa shape index (κ3) is 8.24. The van der Waals surface area contributed by atoms with Crippen molar-refractivity contribution >= 4 is 41.7 Å². The highest BCUT2D eigenvalue weighted by Gasteiger charge is 2.17. The van der Waals surface area contributed by atoms with Gasteiger partial charge in [-0.15, -0.1) is 24.0 Å². The van der Waals surface area contributed by atoms with Gasteiger partial charge < -0.3 is 15.4 Å². The highest BCUT2D eigenvalue weighted by atomic mass is 127. The number of nitrogens with zero attached hydrogens (tertiary/aromatic N) is 1. The van der Waals surface area contributed by atoms with Gasteiger partial charge in [0.15, 0.2) is 5.96 Å². The third-order valence-electron chi connectivity index (χ3n) is 3.08. The van der Waals surface area contributed by atoms with Crippen LogP contribution in [-0.4, -0.2) is 49.3 Å². The van der Waals surface area contributed by atoms with E-state index < -0.39 is 0 Å². The van der Waals surface area contributed by atoms with Crippen molar-refractivity contribution in [3.05, 3.63) is 0 Å². The van der Waals surface area contributed by atoms with E-state index in [9.17, 15) is 0 Å². The summed E-state index contributed by atoms with van der Waals surface area (Å²) in [5.41, 5.74) is 0. The van der Waals surface area contributed by atoms with Crippen LogP contribution in [0.4, 0.5) is 0 Å². The van der Waals surface area contributed by atoms with Crippen molar-refractivity contribution in [3.8, 4) is 0 Å². The number of aliphatic imine (C=N–C) groups is 1. The maximum atomic E-state index is 5.37. The lowest BCUT2D eigenvalue weighted by Crippen LogP contribution is -2.46. The van der Waals surface area contributed by atoms with Crippen LogP contribution in [0.15, 0.2) is 4.99 Å². The fourth-order valence-electron chi connectivity index (χ4n) is 1.69. The first-order valence-electron chi connectivity index (χ1n) is 6.75. The van der Waals surface area contributed by atoms with Gasteiger partial charge in [-0.3, -0.25) is 4.99 Å². The van der Waals surface area contributed by atoms with Crippen LogP contribution in [0.1, 0.15) is 33.6 Å². The summed E-state index contributed by atoms with van der Waals surface area (Å²) in [5.74, 6) is 0.937. The molecule has 1 saturated heterocycles. The molecule has 1 aliphatic heterocycles. The summed E-state index contributed by atoms with van der Waals surface area (Å²) >= 11 is 1.85. The zero-order chi connectivity index (χ0) is 13.4. The van der Waals surface area contributed by atoms with Gasteiger partial charge >= 0.3 is 0 Å². The molecule has 0 atom stereocenters. The monoisotopic (exact) mass is 401 g/mol.